The smallest absolute Gasteiger partial charge is 0.330 e. The first-order valence-corrected chi connectivity index (χ1v) is 10.3. The summed E-state index contributed by atoms with van der Waals surface area (Å²) in [5.74, 6) is -16.5. The second-order valence-electron chi connectivity index (χ2n) is 8.52. The average Bonchev–Trinajstić information content (AvgIpc) is 3.48. The number of nitriles is 1. The predicted octanol–water partition coefficient (Wildman–Crippen LogP) is 3.06. The molecule has 2 unspecified atom stereocenters. The van der Waals surface area contributed by atoms with Crippen LogP contribution in [-0.2, 0) is 9.59 Å². The lowest BCUT2D eigenvalue weighted by Crippen LogP contribution is -2.64. The van der Waals surface area contributed by atoms with Crippen molar-refractivity contribution in [3.05, 3.63) is 36.2 Å². The van der Waals surface area contributed by atoms with Crippen molar-refractivity contribution in [2.75, 3.05) is 11.4 Å². The number of hydrogen-bond acceptors (Lipinski definition) is 5. The number of fused-ring (bicyclic) bond motifs is 6. The van der Waals surface area contributed by atoms with E-state index in [0.717, 1.165) is 11.1 Å². The molecule has 3 aliphatic rings. The molecule has 8 nitrogen and oxygen atoms in total. The SMILES string of the molecule is N#Cc1ncc(N2C(=O)[C@@H]3C4CC(CN4C(=O)C(F)(F)C(F)(F)C(F)(F)F)N3C2=O)c2ccccc12. The van der Waals surface area contributed by atoms with Gasteiger partial charge in [-0.05, 0) is 6.42 Å². The van der Waals surface area contributed by atoms with Gasteiger partial charge in [-0.25, -0.2) is 14.7 Å². The van der Waals surface area contributed by atoms with Gasteiger partial charge in [-0.3, -0.25) is 9.59 Å². The van der Waals surface area contributed by atoms with Crippen LogP contribution in [0.4, 0.5) is 41.2 Å². The van der Waals surface area contributed by atoms with Crippen molar-refractivity contribution in [1.82, 2.24) is 14.8 Å². The molecule has 0 spiro atoms. The Hall–Kier alpha value is -3.96. The molecule has 3 atom stereocenters. The topological polar surface area (TPSA) is 97.6 Å². The van der Waals surface area contributed by atoms with Gasteiger partial charge in [0.2, 0.25) is 0 Å². The molecule has 0 radical (unpaired) electrons. The van der Waals surface area contributed by atoms with Crippen LogP contribution in [0, 0.1) is 11.3 Å². The number of alkyl halides is 7. The van der Waals surface area contributed by atoms with E-state index in [4.69, 9.17) is 0 Å². The normalized spacial score (nSPS) is 24.1. The number of anilines is 1. The molecule has 2 bridgehead atoms. The number of amides is 4. The number of hydrogen-bond donors (Lipinski definition) is 0. The molecule has 2 aromatic rings. The Bertz CT molecular complexity index is 1370. The predicted molar refractivity (Wildman–Crippen MR) is 105 cm³/mol. The Morgan fingerprint density at radius 3 is 2.31 bits per heavy atom. The van der Waals surface area contributed by atoms with Crippen molar-refractivity contribution in [3.63, 3.8) is 0 Å². The molecule has 1 aromatic carbocycles. The molecule has 4 amide bonds. The number of rotatable bonds is 3. The Morgan fingerprint density at radius 1 is 1.06 bits per heavy atom. The number of imide groups is 1. The molecule has 3 fully saturated rings. The van der Waals surface area contributed by atoms with Gasteiger partial charge in [-0.1, -0.05) is 24.3 Å². The molecule has 1 aromatic heterocycles. The van der Waals surface area contributed by atoms with Gasteiger partial charge in [0.15, 0.2) is 0 Å². The van der Waals surface area contributed by atoms with Crippen molar-refractivity contribution in [2.45, 2.75) is 42.6 Å². The zero-order chi connectivity index (χ0) is 26.4. The molecule has 3 saturated heterocycles. The molecule has 15 heteroatoms. The largest absolute Gasteiger partial charge is 0.460 e. The van der Waals surface area contributed by atoms with Gasteiger partial charge in [0.05, 0.1) is 24.0 Å². The summed E-state index contributed by atoms with van der Waals surface area (Å²) >= 11 is 0. The molecule has 0 saturated carbocycles. The van der Waals surface area contributed by atoms with Gasteiger partial charge >= 0.3 is 24.1 Å². The van der Waals surface area contributed by atoms with Crippen molar-refractivity contribution < 1.29 is 45.1 Å². The molecular formula is C21H12F7N5O3. The maximum atomic E-state index is 14.1. The zero-order valence-corrected chi connectivity index (χ0v) is 17.6. The molecule has 0 aliphatic carbocycles. The van der Waals surface area contributed by atoms with Crippen LogP contribution in [-0.4, -0.2) is 75.3 Å². The van der Waals surface area contributed by atoms with Crippen LogP contribution in [0.1, 0.15) is 12.1 Å². The fourth-order valence-electron chi connectivity index (χ4n) is 5.05. The van der Waals surface area contributed by atoms with E-state index in [9.17, 15) is 50.4 Å². The second-order valence-corrected chi connectivity index (χ2v) is 8.52. The van der Waals surface area contributed by atoms with E-state index < -0.39 is 60.5 Å². The van der Waals surface area contributed by atoms with E-state index >= 15 is 0 Å². The van der Waals surface area contributed by atoms with Gasteiger partial charge in [0.25, 0.3) is 11.8 Å². The van der Waals surface area contributed by atoms with E-state index in [-0.39, 0.29) is 28.1 Å². The average molecular weight is 515 g/mol. The van der Waals surface area contributed by atoms with Gasteiger partial charge < -0.3 is 9.80 Å². The van der Waals surface area contributed by atoms with Gasteiger partial charge in [-0.15, -0.1) is 0 Å². The van der Waals surface area contributed by atoms with Crippen LogP contribution in [0.5, 0.6) is 0 Å². The van der Waals surface area contributed by atoms with Gasteiger partial charge in [0, 0.05) is 17.3 Å². The quantitative estimate of drug-likeness (QED) is 0.463. The van der Waals surface area contributed by atoms with Gasteiger partial charge in [0.1, 0.15) is 17.8 Å². The first kappa shape index (κ1) is 23.8. The summed E-state index contributed by atoms with van der Waals surface area (Å²) in [7, 11) is 0. The maximum absolute atomic E-state index is 14.1. The lowest BCUT2D eigenvalue weighted by atomic mass is 10.0. The lowest BCUT2D eigenvalue weighted by Gasteiger charge is -2.38. The summed E-state index contributed by atoms with van der Waals surface area (Å²) in [6.07, 6.45) is -5.86. The summed E-state index contributed by atoms with van der Waals surface area (Å²) in [6.45, 7) is -0.747. The fraction of sp³-hybridized carbons (Fsp3) is 0.381. The Kier molecular flexibility index (Phi) is 4.80. The summed E-state index contributed by atoms with van der Waals surface area (Å²) in [5, 5.41) is 9.85. The number of carbonyl (C=O) groups is 3. The number of benzene rings is 1. The minimum absolute atomic E-state index is 0.00129. The molecule has 188 valence electrons. The Labute approximate surface area is 196 Å². The van der Waals surface area contributed by atoms with E-state index in [1.807, 2.05) is 6.07 Å². The van der Waals surface area contributed by atoms with Crippen LogP contribution >= 0.6 is 0 Å². The molecule has 0 N–H and O–H groups in total. The van der Waals surface area contributed by atoms with Crippen LogP contribution in [0.2, 0.25) is 0 Å². The first-order valence-electron chi connectivity index (χ1n) is 10.3. The third kappa shape index (κ3) is 2.86. The van der Waals surface area contributed by atoms with Crippen LogP contribution in [0.25, 0.3) is 10.8 Å². The molecule has 36 heavy (non-hydrogen) atoms. The van der Waals surface area contributed by atoms with Gasteiger partial charge in [-0.2, -0.15) is 36.0 Å². The minimum Gasteiger partial charge on any atom is -0.330 e. The molecular weight excluding hydrogens is 503 g/mol. The fourth-order valence-corrected chi connectivity index (χ4v) is 5.05. The van der Waals surface area contributed by atoms with E-state index in [2.05, 4.69) is 4.98 Å². The number of nitrogens with zero attached hydrogens (tertiary/aromatic N) is 5. The van der Waals surface area contributed by atoms with Crippen molar-refractivity contribution in [1.29, 1.82) is 5.26 Å². The summed E-state index contributed by atoms with van der Waals surface area (Å²) in [5.41, 5.74) is -0.0428. The number of aromatic nitrogens is 1. The minimum atomic E-state index is -6.70. The second kappa shape index (κ2) is 7.28. The maximum Gasteiger partial charge on any atom is 0.460 e. The third-order valence-electron chi connectivity index (χ3n) is 6.67. The number of halogens is 7. The Morgan fingerprint density at radius 2 is 1.69 bits per heavy atom. The highest BCUT2D eigenvalue weighted by molar-refractivity contribution is 6.25. The van der Waals surface area contributed by atoms with Crippen LogP contribution in [0.3, 0.4) is 0 Å². The Balaban J connectivity index is 1.50. The standard InChI is InChI=1S/C21H12F7N5O3/c22-19(23,20(24,25)21(26,27)28)17(35)31-8-9-5-13(31)15-16(34)33(18(36)32(9)15)14-7-30-12(6-29)10-3-1-2-4-11(10)14/h1-4,7,9,13,15H,5,8H2/t9?,13?,15-/m0/s1. The number of pyridine rings is 1. The number of carbonyl (C=O) groups excluding carboxylic acids is 3. The van der Waals surface area contributed by atoms with Crippen LogP contribution in [0.15, 0.2) is 30.5 Å². The van der Waals surface area contributed by atoms with Crippen LogP contribution < -0.4 is 4.90 Å². The third-order valence-corrected chi connectivity index (χ3v) is 6.67. The van der Waals surface area contributed by atoms with E-state index in [1.165, 1.54) is 12.1 Å². The number of likely N-dealkylation sites (tertiary alicyclic amines) is 1. The van der Waals surface area contributed by atoms with Crippen molar-refractivity contribution in [2.24, 2.45) is 0 Å². The van der Waals surface area contributed by atoms with Crippen molar-refractivity contribution >= 4 is 34.3 Å². The van der Waals surface area contributed by atoms with Crippen molar-refractivity contribution in [3.8, 4) is 6.07 Å². The lowest BCUT2D eigenvalue weighted by molar-refractivity contribution is -0.346. The molecule has 3 aliphatic heterocycles. The zero-order valence-electron chi connectivity index (χ0n) is 17.6. The van der Waals surface area contributed by atoms with E-state index in [1.54, 1.807) is 12.1 Å². The highest BCUT2D eigenvalue weighted by atomic mass is 19.4. The molecule has 4 heterocycles. The first-order chi connectivity index (χ1) is 16.7. The summed E-state index contributed by atoms with van der Waals surface area (Å²) < 4.78 is 92.8. The van der Waals surface area contributed by atoms with E-state index in [0.29, 0.717) is 10.3 Å². The number of piperazine rings is 1. The highest BCUT2D eigenvalue weighted by Gasteiger charge is 2.78. The number of urea groups is 1. The highest BCUT2D eigenvalue weighted by Crippen LogP contribution is 2.50. The monoisotopic (exact) mass is 515 g/mol. The summed E-state index contributed by atoms with van der Waals surface area (Å²) in [6, 6.07) is 2.98. The summed E-state index contributed by atoms with van der Waals surface area (Å²) in [4.78, 5) is 44.4. The molecule has 5 rings (SSSR count).